The summed E-state index contributed by atoms with van der Waals surface area (Å²) >= 11 is 0. The Balaban J connectivity index is 2.71. The van der Waals surface area contributed by atoms with Crippen molar-refractivity contribution in [1.29, 1.82) is 0 Å². The molecule has 3 nitrogen and oxygen atoms in total. The first-order chi connectivity index (χ1) is 5.59. The van der Waals surface area contributed by atoms with E-state index in [-0.39, 0.29) is 0 Å². The zero-order valence-corrected chi connectivity index (χ0v) is 7.32. The molecule has 0 radical (unpaired) electrons. The van der Waals surface area contributed by atoms with E-state index < -0.39 is 5.97 Å². The molecule has 0 unspecified atom stereocenters. The molecule has 0 aliphatic carbocycles. The molecule has 1 N–H and O–H groups in total. The van der Waals surface area contributed by atoms with E-state index in [1.54, 1.807) is 18.5 Å². The Hall–Kier alpha value is -1.25. The molecule has 3 heteroatoms. The Bertz CT molecular complexity index is 276. The number of carboxylic acids is 1. The van der Waals surface area contributed by atoms with Gasteiger partial charge in [0.25, 0.3) is 0 Å². The average Bonchev–Trinajstić information content (AvgIpc) is 2.34. The van der Waals surface area contributed by atoms with Gasteiger partial charge >= 0.3 is 5.97 Å². The molecule has 0 fully saturated rings. The van der Waals surface area contributed by atoms with Crippen LogP contribution in [0.4, 0.5) is 0 Å². The number of rotatable bonds is 3. The SMILES string of the molecule is CC(C)Cn1ccc(C(=O)O)c1. The van der Waals surface area contributed by atoms with E-state index in [2.05, 4.69) is 13.8 Å². The van der Waals surface area contributed by atoms with Gasteiger partial charge in [-0.25, -0.2) is 4.79 Å². The molecule has 1 heterocycles. The van der Waals surface area contributed by atoms with Crippen molar-refractivity contribution in [3.63, 3.8) is 0 Å². The van der Waals surface area contributed by atoms with Crippen LogP contribution in [-0.4, -0.2) is 15.6 Å². The fraction of sp³-hybridized carbons (Fsp3) is 0.444. The fourth-order valence-electron chi connectivity index (χ4n) is 1.10. The van der Waals surface area contributed by atoms with Crippen molar-refractivity contribution in [3.8, 4) is 0 Å². The van der Waals surface area contributed by atoms with Crippen LogP contribution in [0, 0.1) is 5.92 Å². The third kappa shape index (κ3) is 2.12. The smallest absolute Gasteiger partial charge is 0.337 e. The van der Waals surface area contributed by atoms with E-state index in [1.807, 2.05) is 4.57 Å². The molecular weight excluding hydrogens is 154 g/mol. The minimum atomic E-state index is -0.863. The van der Waals surface area contributed by atoms with Crippen LogP contribution < -0.4 is 0 Å². The van der Waals surface area contributed by atoms with Gasteiger partial charge in [-0.1, -0.05) is 13.8 Å². The molecule has 0 bridgehead atoms. The zero-order valence-electron chi connectivity index (χ0n) is 7.32. The number of carboxylic acid groups (broad SMARTS) is 1. The van der Waals surface area contributed by atoms with Gasteiger partial charge < -0.3 is 9.67 Å². The Morgan fingerprint density at radius 1 is 1.67 bits per heavy atom. The molecular formula is C9H13NO2. The summed E-state index contributed by atoms with van der Waals surface area (Å²) in [5.41, 5.74) is 0.357. The molecule has 0 saturated heterocycles. The van der Waals surface area contributed by atoms with Gasteiger partial charge in [0.2, 0.25) is 0 Å². The van der Waals surface area contributed by atoms with Crippen molar-refractivity contribution < 1.29 is 9.90 Å². The number of carbonyl (C=O) groups is 1. The Morgan fingerprint density at radius 2 is 2.33 bits per heavy atom. The van der Waals surface area contributed by atoms with Gasteiger partial charge in [0.1, 0.15) is 0 Å². The third-order valence-electron chi connectivity index (χ3n) is 1.57. The summed E-state index contributed by atoms with van der Waals surface area (Å²) in [5.74, 6) is -0.323. The topological polar surface area (TPSA) is 42.2 Å². The second-order valence-corrected chi connectivity index (χ2v) is 3.30. The summed E-state index contributed by atoms with van der Waals surface area (Å²) in [6.07, 6.45) is 3.45. The standard InChI is InChI=1S/C9H13NO2/c1-7(2)5-10-4-3-8(6-10)9(11)12/h3-4,6-7H,5H2,1-2H3,(H,11,12). The minimum Gasteiger partial charge on any atom is -0.478 e. The van der Waals surface area contributed by atoms with E-state index in [9.17, 15) is 4.79 Å². The highest BCUT2D eigenvalue weighted by atomic mass is 16.4. The van der Waals surface area contributed by atoms with Gasteiger partial charge in [-0.2, -0.15) is 0 Å². The number of aromatic nitrogens is 1. The van der Waals surface area contributed by atoms with Crippen LogP contribution in [0.5, 0.6) is 0 Å². The van der Waals surface area contributed by atoms with Crippen molar-refractivity contribution in [2.24, 2.45) is 5.92 Å². The molecule has 1 rings (SSSR count). The normalized spacial score (nSPS) is 10.6. The molecule has 66 valence electrons. The number of nitrogens with zero attached hydrogens (tertiary/aromatic N) is 1. The second-order valence-electron chi connectivity index (χ2n) is 3.30. The van der Waals surface area contributed by atoms with Gasteiger partial charge in [0, 0.05) is 18.9 Å². The van der Waals surface area contributed by atoms with Crippen LogP contribution in [0.25, 0.3) is 0 Å². The third-order valence-corrected chi connectivity index (χ3v) is 1.57. The van der Waals surface area contributed by atoms with Gasteiger partial charge in [-0.05, 0) is 12.0 Å². The number of hydrogen-bond donors (Lipinski definition) is 1. The van der Waals surface area contributed by atoms with Crippen molar-refractivity contribution in [1.82, 2.24) is 4.57 Å². The Labute approximate surface area is 71.6 Å². The van der Waals surface area contributed by atoms with E-state index in [0.717, 1.165) is 6.54 Å². The van der Waals surface area contributed by atoms with Gasteiger partial charge in [-0.15, -0.1) is 0 Å². The summed E-state index contributed by atoms with van der Waals surface area (Å²) < 4.78 is 1.90. The monoisotopic (exact) mass is 167 g/mol. The fourth-order valence-corrected chi connectivity index (χ4v) is 1.10. The van der Waals surface area contributed by atoms with Crippen LogP contribution in [0.2, 0.25) is 0 Å². The lowest BCUT2D eigenvalue weighted by atomic mass is 10.2. The van der Waals surface area contributed by atoms with Crippen LogP contribution in [0.15, 0.2) is 18.5 Å². The highest BCUT2D eigenvalue weighted by Crippen LogP contribution is 2.04. The maximum atomic E-state index is 10.5. The quantitative estimate of drug-likeness (QED) is 0.746. The van der Waals surface area contributed by atoms with Gasteiger partial charge in [0.15, 0.2) is 0 Å². The summed E-state index contributed by atoms with van der Waals surface area (Å²) in [6.45, 7) is 5.06. The molecule has 0 aliphatic heterocycles. The molecule has 0 atom stereocenters. The molecule has 1 aromatic rings. The number of aromatic carboxylic acids is 1. The molecule has 0 aliphatic rings. The van der Waals surface area contributed by atoms with Crippen LogP contribution in [0.1, 0.15) is 24.2 Å². The zero-order chi connectivity index (χ0) is 9.14. The van der Waals surface area contributed by atoms with Crippen LogP contribution >= 0.6 is 0 Å². The van der Waals surface area contributed by atoms with E-state index in [0.29, 0.717) is 11.5 Å². The summed E-state index contributed by atoms with van der Waals surface area (Å²) in [7, 11) is 0. The maximum absolute atomic E-state index is 10.5. The van der Waals surface area contributed by atoms with Crippen molar-refractivity contribution in [2.75, 3.05) is 0 Å². The van der Waals surface area contributed by atoms with Crippen molar-refractivity contribution in [3.05, 3.63) is 24.0 Å². The highest BCUT2D eigenvalue weighted by Gasteiger charge is 2.04. The predicted octanol–water partition coefficient (Wildman–Crippen LogP) is 1.84. The molecule has 0 aromatic carbocycles. The average molecular weight is 167 g/mol. The number of hydrogen-bond acceptors (Lipinski definition) is 1. The van der Waals surface area contributed by atoms with Gasteiger partial charge in [-0.3, -0.25) is 0 Å². The highest BCUT2D eigenvalue weighted by molar-refractivity contribution is 5.87. The minimum absolute atomic E-state index is 0.357. The predicted molar refractivity (Wildman–Crippen MR) is 46.2 cm³/mol. The van der Waals surface area contributed by atoms with E-state index in [1.165, 1.54) is 0 Å². The van der Waals surface area contributed by atoms with Crippen molar-refractivity contribution in [2.45, 2.75) is 20.4 Å². The van der Waals surface area contributed by atoms with Crippen LogP contribution in [-0.2, 0) is 6.54 Å². The molecule has 0 saturated carbocycles. The van der Waals surface area contributed by atoms with Gasteiger partial charge in [0.05, 0.1) is 5.56 Å². The first-order valence-electron chi connectivity index (χ1n) is 3.98. The van der Waals surface area contributed by atoms with E-state index >= 15 is 0 Å². The summed E-state index contributed by atoms with van der Waals surface area (Å²) in [4.78, 5) is 10.5. The molecule has 12 heavy (non-hydrogen) atoms. The lowest BCUT2D eigenvalue weighted by Crippen LogP contribution is -2.01. The first-order valence-corrected chi connectivity index (χ1v) is 3.98. The Kier molecular flexibility index (Phi) is 2.53. The van der Waals surface area contributed by atoms with Crippen LogP contribution in [0.3, 0.4) is 0 Å². The molecule has 0 amide bonds. The summed E-state index contributed by atoms with van der Waals surface area (Å²) in [6, 6.07) is 1.62. The van der Waals surface area contributed by atoms with E-state index in [4.69, 9.17) is 5.11 Å². The summed E-state index contributed by atoms with van der Waals surface area (Å²) in [5, 5.41) is 8.62. The first kappa shape index (κ1) is 8.84. The second kappa shape index (κ2) is 3.43. The lowest BCUT2D eigenvalue weighted by Gasteiger charge is -2.04. The lowest BCUT2D eigenvalue weighted by molar-refractivity contribution is 0.0697. The molecule has 1 aromatic heterocycles. The largest absolute Gasteiger partial charge is 0.478 e. The van der Waals surface area contributed by atoms with Crippen molar-refractivity contribution >= 4 is 5.97 Å². The molecule has 0 spiro atoms. The maximum Gasteiger partial charge on any atom is 0.337 e. The Morgan fingerprint density at radius 3 is 2.75 bits per heavy atom.